The largest absolute Gasteiger partial charge is 0.446 e. The van der Waals surface area contributed by atoms with E-state index < -0.39 is 11.3 Å². The van der Waals surface area contributed by atoms with Gasteiger partial charge in [0.2, 0.25) is 0 Å². The van der Waals surface area contributed by atoms with Crippen LogP contribution in [0.3, 0.4) is 0 Å². The topological polar surface area (TPSA) is 55.1 Å². The number of nitrogens with zero attached hydrogens (tertiary/aromatic N) is 1. The van der Waals surface area contributed by atoms with Gasteiger partial charge in [-0.05, 0) is 48.2 Å². The minimum absolute atomic E-state index is 0.0773. The van der Waals surface area contributed by atoms with Crippen LogP contribution in [0.15, 0.2) is 62.6 Å². The van der Waals surface area contributed by atoms with E-state index in [2.05, 4.69) is 10.3 Å². The highest BCUT2D eigenvalue weighted by atomic mass is 32.2. The minimum Gasteiger partial charge on any atom is -0.408 e. The third-order valence-corrected chi connectivity index (χ3v) is 3.63. The van der Waals surface area contributed by atoms with Crippen molar-refractivity contribution >= 4 is 34.2 Å². The van der Waals surface area contributed by atoms with Gasteiger partial charge in [0.15, 0.2) is 0 Å². The summed E-state index contributed by atoms with van der Waals surface area (Å²) in [6, 6.07) is 12.5. The second kappa shape index (κ2) is 5.96. The maximum absolute atomic E-state index is 12.3. The van der Waals surface area contributed by atoms with Crippen LogP contribution in [0.5, 0.6) is 0 Å². The lowest BCUT2D eigenvalue weighted by Crippen LogP contribution is -2.07. The number of benzene rings is 2. The Balaban J connectivity index is 1.89. The summed E-state index contributed by atoms with van der Waals surface area (Å²) in [5.41, 5.74) is -3.44. The van der Waals surface area contributed by atoms with Crippen LogP contribution in [0, 0.1) is 0 Å². The molecule has 0 aliphatic carbocycles. The van der Waals surface area contributed by atoms with Crippen molar-refractivity contribution in [3.8, 4) is 0 Å². The third-order valence-electron chi connectivity index (χ3n) is 2.89. The number of fused-ring (bicyclic) bond motifs is 1. The van der Waals surface area contributed by atoms with Crippen molar-refractivity contribution in [3.63, 3.8) is 0 Å². The van der Waals surface area contributed by atoms with E-state index in [4.69, 9.17) is 4.42 Å². The smallest absolute Gasteiger partial charge is 0.408 e. The highest BCUT2D eigenvalue weighted by Crippen LogP contribution is 2.37. The fourth-order valence-electron chi connectivity index (χ4n) is 1.99. The van der Waals surface area contributed by atoms with Gasteiger partial charge in [0, 0.05) is 10.6 Å². The van der Waals surface area contributed by atoms with Gasteiger partial charge in [0.25, 0.3) is 0 Å². The standard InChI is InChI=1S/C15H9F3N2O2S/c16-15(17,18)23-10-7-5-9(6-8-10)19-13-11-3-1-2-4-12(11)22-14(21)20-13/h1-8H,(H,19,20,21). The molecule has 1 heterocycles. The number of rotatable bonds is 3. The Morgan fingerprint density at radius 2 is 1.74 bits per heavy atom. The molecule has 0 aliphatic heterocycles. The quantitative estimate of drug-likeness (QED) is 0.710. The van der Waals surface area contributed by atoms with Crippen LogP contribution in [-0.2, 0) is 0 Å². The first-order valence-corrected chi connectivity index (χ1v) is 7.25. The van der Waals surface area contributed by atoms with Crippen molar-refractivity contribution in [1.82, 2.24) is 4.98 Å². The minimum atomic E-state index is -4.33. The normalized spacial score (nSPS) is 11.6. The molecule has 3 rings (SSSR count). The molecule has 1 aromatic heterocycles. The molecule has 0 atom stereocenters. The zero-order valence-corrected chi connectivity index (χ0v) is 12.2. The molecule has 0 amide bonds. The van der Waals surface area contributed by atoms with Crippen LogP contribution in [0.25, 0.3) is 11.0 Å². The number of halogens is 3. The second-order valence-corrected chi connectivity index (χ2v) is 5.66. The fourth-order valence-corrected chi connectivity index (χ4v) is 2.53. The molecular weight excluding hydrogens is 329 g/mol. The molecule has 1 N–H and O–H groups in total. The number of hydrogen-bond acceptors (Lipinski definition) is 5. The summed E-state index contributed by atoms with van der Waals surface area (Å²) in [5, 5.41) is 3.51. The highest BCUT2D eigenvalue weighted by molar-refractivity contribution is 8.00. The number of anilines is 2. The number of nitrogens with one attached hydrogen (secondary N) is 1. The molecule has 0 fully saturated rings. The monoisotopic (exact) mass is 338 g/mol. The van der Waals surface area contributed by atoms with Crippen LogP contribution in [0.2, 0.25) is 0 Å². The van der Waals surface area contributed by atoms with E-state index in [0.29, 0.717) is 16.7 Å². The van der Waals surface area contributed by atoms with Gasteiger partial charge in [-0.15, -0.1) is 0 Å². The van der Waals surface area contributed by atoms with E-state index in [-0.39, 0.29) is 22.5 Å². The Labute approximate surface area is 132 Å². The van der Waals surface area contributed by atoms with Crippen molar-refractivity contribution in [2.24, 2.45) is 0 Å². The van der Waals surface area contributed by atoms with Crippen LogP contribution in [0.4, 0.5) is 24.7 Å². The first-order chi connectivity index (χ1) is 10.9. The predicted octanol–water partition coefficient (Wildman–Crippen LogP) is 4.54. The summed E-state index contributed by atoms with van der Waals surface area (Å²) >= 11 is -0.188. The summed E-state index contributed by atoms with van der Waals surface area (Å²) in [6.07, 6.45) is 0. The number of aromatic nitrogens is 1. The van der Waals surface area contributed by atoms with Crippen LogP contribution in [0.1, 0.15) is 0 Å². The van der Waals surface area contributed by atoms with Crippen molar-refractivity contribution < 1.29 is 17.6 Å². The molecule has 4 nitrogen and oxygen atoms in total. The molecule has 8 heteroatoms. The molecule has 0 saturated carbocycles. The van der Waals surface area contributed by atoms with Crippen LogP contribution < -0.4 is 11.1 Å². The Kier molecular flexibility index (Phi) is 3.99. The van der Waals surface area contributed by atoms with Gasteiger partial charge in [0.1, 0.15) is 11.4 Å². The number of alkyl halides is 3. The summed E-state index contributed by atoms with van der Waals surface area (Å²) in [7, 11) is 0. The van der Waals surface area contributed by atoms with Gasteiger partial charge in [-0.25, -0.2) is 4.79 Å². The zero-order valence-electron chi connectivity index (χ0n) is 11.4. The van der Waals surface area contributed by atoms with Gasteiger partial charge in [0.05, 0.1) is 5.39 Å². The summed E-state index contributed by atoms with van der Waals surface area (Å²) < 4.78 is 41.9. The lowest BCUT2D eigenvalue weighted by Gasteiger charge is -2.09. The second-order valence-electron chi connectivity index (χ2n) is 4.52. The first-order valence-electron chi connectivity index (χ1n) is 6.43. The molecule has 2 aromatic carbocycles. The molecule has 0 bridgehead atoms. The number of para-hydroxylation sites is 1. The van der Waals surface area contributed by atoms with Crippen LogP contribution in [-0.4, -0.2) is 10.5 Å². The van der Waals surface area contributed by atoms with Crippen molar-refractivity contribution in [2.45, 2.75) is 10.4 Å². The fraction of sp³-hybridized carbons (Fsp3) is 0.0667. The van der Waals surface area contributed by atoms with Gasteiger partial charge < -0.3 is 9.73 Å². The van der Waals surface area contributed by atoms with Gasteiger partial charge in [-0.1, -0.05) is 12.1 Å². The zero-order chi connectivity index (χ0) is 16.4. The molecule has 0 aliphatic rings. The first kappa shape index (κ1) is 15.4. The molecule has 0 saturated heterocycles. The van der Waals surface area contributed by atoms with Crippen LogP contribution >= 0.6 is 11.8 Å². The van der Waals surface area contributed by atoms with E-state index in [0.717, 1.165) is 0 Å². The summed E-state index contributed by atoms with van der Waals surface area (Å²) in [4.78, 5) is 15.3. The van der Waals surface area contributed by atoms with Crippen molar-refractivity contribution in [3.05, 3.63) is 59.1 Å². The predicted molar refractivity (Wildman–Crippen MR) is 81.9 cm³/mol. The Morgan fingerprint density at radius 1 is 1.04 bits per heavy atom. The third kappa shape index (κ3) is 3.84. The highest BCUT2D eigenvalue weighted by Gasteiger charge is 2.29. The maximum Gasteiger partial charge on any atom is 0.446 e. The average molecular weight is 338 g/mol. The Bertz CT molecular complexity index is 892. The van der Waals surface area contributed by atoms with Gasteiger partial charge >= 0.3 is 11.3 Å². The lowest BCUT2D eigenvalue weighted by atomic mass is 10.2. The summed E-state index contributed by atoms with van der Waals surface area (Å²) in [6.45, 7) is 0. The molecule has 118 valence electrons. The molecule has 23 heavy (non-hydrogen) atoms. The maximum atomic E-state index is 12.3. The lowest BCUT2D eigenvalue weighted by molar-refractivity contribution is -0.0328. The van der Waals surface area contributed by atoms with E-state index >= 15 is 0 Å². The van der Waals surface area contributed by atoms with E-state index in [1.54, 1.807) is 24.3 Å². The molecule has 0 spiro atoms. The van der Waals surface area contributed by atoms with E-state index in [9.17, 15) is 18.0 Å². The van der Waals surface area contributed by atoms with Crippen molar-refractivity contribution in [2.75, 3.05) is 5.32 Å². The van der Waals surface area contributed by atoms with E-state index in [1.807, 2.05) is 0 Å². The molecule has 0 unspecified atom stereocenters. The van der Waals surface area contributed by atoms with Crippen molar-refractivity contribution in [1.29, 1.82) is 0 Å². The average Bonchev–Trinajstić information content (AvgIpc) is 2.47. The SMILES string of the molecule is O=c1nc(Nc2ccc(SC(F)(F)F)cc2)c2ccccc2o1. The molecule has 3 aromatic rings. The van der Waals surface area contributed by atoms with E-state index in [1.165, 1.54) is 24.3 Å². The number of hydrogen-bond donors (Lipinski definition) is 1. The Hall–Kier alpha value is -2.48. The van der Waals surface area contributed by atoms with Gasteiger partial charge in [-0.3, -0.25) is 0 Å². The Morgan fingerprint density at radius 3 is 2.43 bits per heavy atom. The summed E-state index contributed by atoms with van der Waals surface area (Å²) in [5.74, 6) is -0.469. The number of thioether (sulfide) groups is 1. The molecule has 0 radical (unpaired) electrons. The molecular formula is C15H9F3N2O2S. The van der Waals surface area contributed by atoms with Gasteiger partial charge in [-0.2, -0.15) is 18.2 Å².